The molecule has 100 valence electrons. The molecule has 0 unspecified atom stereocenters. The van der Waals surface area contributed by atoms with Crippen molar-refractivity contribution in [2.24, 2.45) is 11.8 Å². The first kappa shape index (κ1) is 13.9. The van der Waals surface area contributed by atoms with Crippen molar-refractivity contribution in [1.82, 2.24) is 0 Å². The van der Waals surface area contributed by atoms with E-state index in [9.17, 15) is 4.79 Å². The van der Waals surface area contributed by atoms with Gasteiger partial charge in [-0.3, -0.25) is 4.79 Å². The number of hydrogen-bond donors (Lipinski definition) is 0. The fraction of sp³-hybridized carbons (Fsp3) is 0.667. The van der Waals surface area contributed by atoms with Gasteiger partial charge in [-0.15, -0.1) is 0 Å². The predicted molar refractivity (Wildman–Crippen MR) is 75.7 cm³/mol. The molecule has 1 aliphatic rings. The van der Waals surface area contributed by atoms with Crippen molar-refractivity contribution in [3.63, 3.8) is 0 Å². The Morgan fingerprint density at radius 3 is 2.67 bits per heavy atom. The first-order valence-electron chi connectivity index (χ1n) is 6.99. The Hall–Kier alpha value is -0.570. The van der Waals surface area contributed by atoms with E-state index in [4.69, 9.17) is 4.42 Å². The summed E-state index contributed by atoms with van der Waals surface area (Å²) in [4.78, 5) is 12.3. The highest BCUT2D eigenvalue weighted by Gasteiger charge is 2.29. The summed E-state index contributed by atoms with van der Waals surface area (Å²) < 4.78 is 6.07. The van der Waals surface area contributed by atoms with Crippen molar-refractivity contribution in [3.8, 4) is 0 Å². The van der Waals surface area contributed by atoms with Gasteiger partial charge < -0.3 is 4.42 Å². The minimum Gasteiger partial charge on any atom is -0.460 e. The zero-order chi connectivity index (χ0) is 13.0. The molecule has 0 spiro atoms. The van der Waals surface area contributed by atoms with Gasteiger partial charge in [0.2, 0.25) is 5.78 Å². The van der Waals surface area contributed by atoms with Crippen molar-refractivity contribution in [3.05, 3.63) is 22.6 Å². The Labute approximate surface area is 117 Å². The normalized spacial score (nSPS) is 24.1. The summed E-state index contributed by atoms with van der Waals surface area (Å²) in [6.45, 7) is 2.24. The predicted octanol–water partition coefficient (Wildman–Crippen LogP) is 5.22. The average molecular weight is 313 g/mol. The molecule has 0 amide bonds. The van der Waals surface area contributed by atoms with Gasteiger partial charge in [0.05, 0.1) is 10.7 Å². The zero-order valence-electron chi connectivity index (χ0n) is 11.0. The van der Waals surface area contributed by atoms with E-state index in [1.807, 2.05) is 0 Å². The fourth-order valence-corrected chi connectivity index (χ4v) is 3.26. The molecule has 0 atom stereocenters. The van der Waals surface area contributed by atoms with Crippen molar-refractivity contribution in [2.45, 2.75) is 51.9 Å². The number of halogens is 1. The van der Waals surface area contributed by atoms with Crippen LogP contribution in [0.2, 0.25) is 0 Å². The second kappa shape index (κ2) is 6.55. The Morgan fingerprint density at radius 2 is 2.11 bits per heavy atom. The number of furan rings is 1. The maximum atomic E-state index is 12.3. The maximum Gasteiger partial charge on any atom is 0.202 e. The van der Waals surface area contributed by atoms with Crippen LogP contribution in [-0.2, 0) is 0 Å². The van der Waals surface area contributed by atoms with Gasteiger partial charge in [0.25, 0.3) is 0 Å². The van der Waals surface area contributed by atoms with Gasteiger partial charge in [0.1, 0.15) is 0 Å². The summed E-state index contributed by atoms with van der Waals surface area (Å²) in [5.74, 6) is 1.70. The molecule has 1 aromatic heterocycles. The van der Waals surface area contributed by atoms with Crippen LogP contribution in [0.1, 0.15) is 62.4 Å². The SMILES string of the molecule is CCCCC1CCC(C(=O)c2occc2Br)CC1. The molecule has 1 heterocycles. The van der Waals surface area contributed by atoms with Gasteiger partial charge >= 0.3 is 0 Å². The Balaban J connectivity index is 1.86. The molecule has 2 rings (SSSR count). The van der Waals surface area contributed by atoms with E-state index in [0.717, 1.165) is 23.2 Å². The molecule has 0 radical (unpaired) electrons. The first-order valence-corrected chi connectivity index (χ1v) is 7.78. The van der Waals surface area contributed by atoms with Crippen LogP contribution in [-0.4, -0.2) is 5.78 Å². The number of hydrogen-bond acceptors (Lipinski definition) is 2. The average Bonchev–Trinajstić information content (AvgIpc) is 2.82. The number of Topliss-reactive ketones (excluding diaryl/α,β-unsaturated/α-hetero) is 1. The minimum absolute atomic E-state index is 0.172. The van der Waals surface area contributed by atoms with Crippen LogP contribution < -0.4 is 0 Å². The van der Waals surface area contributed by atoms with Crippen molar-refractivity contribution < 1.29 is 9.21 Å². The molecule has 0 aromatic carbocycles. The Kier molecular flexibility index (Phi) is 5.04. The third kappa shape index (κ3) is 3.25. The smallest absolute Gasteiger partial charge is 0.202 e. The molecule has 3 heteroatoms. The van der Waals surface area contributed by atoms with Gasteiger partial charge in [-0.2, -0.15) is 0 Å². The fourth-order valence-electron chi connectivity index (χ4n) is 2.86. The van der Waals surface area contributed by atoms with Crippen molar-refractivity contribution >= 4 is 21.7 Å². The lowest BCUT2D eigenvalue weighted by Crippen LogP contribution is -2.22. The second-order valence-electron chi connectivity index (χ2n) is 5.32. The summed E-state index contributed by atoms with van der Waals surface area (Å²) in [6, 6.07) is 1.79. The molecular formula is C15H21BrO2. The summed E-state index contributed by atoms with van der Waals surface area (Å²) in [5.41, 5.74) is 0. The second-order valence-corrected chi connectivity index (χ2v) is 6.18. The molecule has 18 heavy (non-hydrogen) atoms. The van der Waals surface area contributed by atoms with Crippen LogP contribution in [0.4, 0.5) is 0 Å². The number of carbonyl (C=O) groups excluding carboxylic acids is 1. The topological polar surface area (TPSA) is 30.2 Å². The standard InChI is InChI=1S/C15H21BrO2/c1-2-3-4-11-5-7-12(8-6-11)14(17)15-13(16)9-10-18-15/h9-12H,2-8H2,1H3. The van der Waals surface area contributed by atoms with Gasteiger partial charge in [0, 0.05) is 5.92 Å². The van der Waals surface area contributed by atoms with E-state index >= 15 is 0 Å². The Morgan fingerprint density at radius 1 is 1.39 bits per heavy atom. The van der Waals surface area contributed by atoms with Crippen LogP contribution in [0.25, 0.3) is 0 Å². The highest BCUT2D eigenvalue weighted by atomic mass is 79.9. The number of unbranched alkanes of at least 4 members (excludes halogenated alkanes) is 1. The minimum atomic E-state index is 0.172. The van der Waals surface area contributed by atoms with E-state index in [1.165, 1.54) is 32.1 Å². The zero-order valence-corrected chi connectivity index (χ0v) is 12.5. The lowest BCUT2D eigenvalue weighted by atomic mass is 9.78. The monoisotopic (exact) mass is 312 g/mol. The van der Waals surface area contributed by atoms with Crippen LogP contribution in [0.3, 0.4) is 0 Å². The van der Waals surface area contributed by atoms with E-state index < -0.39 is 0 Å². The van der Waals surface area contributed by atoms with E-state index in [2.05, 4.69) is 22.9 Å². The van der Waals surface area contributed by atoms with Crippen molar-refractivity contribution in [2.75, 3.05) is 0 Å². The Bertz CT molecular complexity index is 389. The number of ketones is 1. The molecule has 0 bridgehead atoms. The van der Waals surface area contributed by atoms with E-state index in [0.29, 0.717) is 5.76 Å². The van der Waals surface area contributed by atoms with Crippen LogP contribution in [0, 0.1) is 11.8 Å². The molecule has 1 aromatic rings. The molecule has 0 saturated heterocycles. The van der Waals surface area contributed by atoms with Crippen LogP contribution in [0.5, 0.6) is 0 Å². The van der Waals surface area contributed by atoms with Crippen LogP contribution in [0.15, 0.2) is 21.2 Å². The molecule has 0 N–H and O–H groups in total. The molecule has 2 nitrogen and oxygen atoms in total. The first-order chi connectivity index (χ1) is 8.72. The maximum absolute atomic E-state index is 12.3. The third-order valence-corrected chi connectivity index (χ3v) is 4.65. The van der Waals surface area contributed by atoms with E-state index in [1.54, 1.807) is 12.3 Å². The molecule has 1 aliphatic carbocycles. The quantitative estimate of drug-likeness (QED) is 0.697. The summed E-state index contributed by atoms with van der Waals surface area (Å²) >= 11 is 3.36. The van der Waals surface area contributed by atoms with Gasteiger partial charge in [0.15, 0.2) is 5.76 Å². The molecule has 0 aliphatic heterocycles. The summed E-state index contributed by atoms with van der Waals surface area (Å²) in [5, 5.41) is 0. The van der Waals surface area contributed by atoms with Gasteiger partial charge in [-0.25, -0.2) is 0 Å². The van der Waals surface area contributed by atoms with Gasteiger partial charge in [-0.05, 0) is 53.6 Å². The highest BCUT2D eigenvalue weighted by Crippen LogP contribution is 2.34. The van der Waals surface area contributed by atoms with E-state index in [-0.39, 0.29) is 11.7 Å². The lowest BCUT2D eigenvalue weighted by molar-refractivity contribution is 0.0839. The summed E-state index contributed by atoms with van der Waals surface area (Å²) in [6.07, 6.45) is 9.97. The highest BCUT2D eigenvalue weighted by molar-refractivity contribution is 9.10. The largest absolute Gasteiger partial charge is 0.460 e. The van der Waals surface area contributed by atoms with Crippen molar-refractivity contribution in [1.29, 1.82) is 0 Å². The summed E-state index contributed by atoms with van der Waals surface area (Å²) in [7, 11) is 0. The molecule has 1 fully saturated rings. The van der Waals surface area contributed by atoms with Crippen LogP contribution >= 0.6 is 15.9 Å². The third-order valence-electron chi connectivity index (χ3n) is 4.02. The number of rotatable bonds is 5. The molecular weight excluding hydrogens is 292 g/mol. The number of carbonyl (C=O) groups is 1. The molecule has 1 saturated carbocycles. The van der Waals surface area contributed by atoms with Gasteiger partial charge in [-0.1, -0.05) is 26.2 Å². The lowest BCUT2D eigenvalue weighted by Gasteiger charge is -2.27.